The molecule has 4 rings (SSSR count). The zero-order valence-corrected chi connectivity index (χ0v) is 15.5. The smallest absolute Gasteiger partial charge is 0.217 e. The van der Waals surface area contributed by atoms with Crippen molar-refractivity contribution in [1.82, 2.24) is 9.62 Å². The van der Waals surface area contributed by atoms with Crippen LogP contribution in [0.3, 0.4) is 0 Å². The third-order valence-corrected chi connectivity index (χ3v) is 7.01. The van der Waals surface area contributed by atoms with Gasteiger partial charge in [0.2, 0.25) is 10.0 Å². The molecule has 2 aromatic rings. The van der Waals surface area contributed by atoms with E-state index in [0.29, 0.717) is 19.7 Å². The molecule has 2 unspecified atom stereocenters. The lowest BCUT2D eigenvalue weighted by atomic mass is 9.90. The van der Waals surface area contributed by atoms with Crippen molar-refractivity contribution in [3.05, 3.63) is 71.3 Å². The molecule has 0 aliphatic carbocycles. The van der Waals surface area contributed by atoms with Crippen LogP contribution in [0.25, 0.3) is 0 Å². The van der Waals surface area contributed by atoms with E-state index in [2.05, 4.69) is 11.4 Å². The van der Waals surface area contributed by atoms with Gasteiger partial charge in [-0.05, 0) is 23.1 Å². The number of sulfonamides is 1. The van der Waals surface area contributed by atoms with Crippen LogP contribution in [-0.2, 0) is 21.2 Å². The Morgan fingerprint density at radius 2 is 1.85 bits per heavy atom. The molecule has 0 amide bonds. The standard InChI is InChI=1S/C20H24N2O3S/c23-26(24,15-18-14-21-11-13-25-18)22-12-10-16-6-4-5-9-19(16)20(22)17-7-2-1-3-8-17/h1-9,18,20-21H,10-15H2. The maximum atomic E-state index is 13.3. The normalized spacial score (nSPS) is 24.2. The number of rotatable bonds is 4. The number of ether oxygens (including phenoxy) is 1. The maximum Gasteiger partial charge on any atom is 0.217 e. The molecule has 0 aromatic heterocycles. The molecule has 1 fully saturated rings. The van der Waals surface area contributed by atoms with Gasteiger partial charge in [-0.2, -0.15) is 4.31 Å². The predicted octanol–water partition coefficient (Wildman–Crippen LogP) is 1.95. The third-order valence-electron chi connectivity index (χ3n) is 5.11. The molecule has 2 atom stereocenters. The van der Waals surface area contributed by atoms with Crippen LogP contribution in [0.4, 0.5) is 0 Å². The second-order valence-corrected chi connectivity index (χ2v) is 8.81. The molecule has 0 radical (unpaired) electrons. The van der Waals surface area contributed by atoms with Gasteiger partial charge in [-0.1, -0.05) is 54.6 Å². The fourth-order valence-corrected chi connectivity index (χ4v) is 5.68. The molecule has 0 bridgehead atoms. The summed E-state index contributed by atoms with van der Waals surface area (Å²) in [5.41, 5.74) is 3.31. The number of nitrogens with zero attached hydrogens (tertiary/aromatic N) is 1. The Morgan fingerprint density at radius 3 is 2.62 bits per heavy atom. The SMILES string of the molecule is O=S(=O)(CC1CNCCO1)N1CCc2ccccc2C1c1ccccc1. The summed E-state index contributed by atoms with van der Waals surface area (Å²) in [4.78, 5) is 0. The van der Waals surface area contributed by atoms with Gasteiger partial charge < -0.3 is 10.1 Å². The summed E-state index contributed by atoms with van der Waals surface area (Å²) in [5.74, 6) is 0.0193. The average Bonchev–Trinajstić information content (AvgIpc) is 2.68. The lowest BCUT2D eigenvalue weighted by Gasteiger charge is -2.37. The lowest BCUT2D eigenvalue weighted by Crippen LogP contribution is -2.48. The molecule has 2 aromatic carbocycles. The Balaban J connectivity index is 1.70. The van der Waals surface area contributed by atoms with Gasteiger partial charge in [0.15, 0.2) is 0 Å². The van der Waals surface area contributed by atoms with E-state index in [9.17, 15) is 8.42 Å². The summed E-state index contributed by atoms with van der Waals surface area (Å²) in [7, 11) is -3.45. The van der Waals surface area contributed by atoms with E-state index in [1.54, 1.807) is 4.31 Å². The fraction of sp³-hybridized carbons (Fsp3) is 0.400. The highest BCUT2D eigenvalue weighted by Crippen LogP contribution is 2.37. The van der Waals surface area contributed by atoms with E-state index in [4.69, 9.17) is 4.74 Å². The number of nitrogens with one attached hydrogen (secondary N) is 1. The molecule has 138 valence electrons. The number of hydrogen-bond acceptors (Lipinski definition) is 4. The van der Waals surface area contributed by atoms with E-state index in [-0.39, 0.29) is 17.9 Å². The summed E-state index contributed by atoms with van der Waals surface area (Å²) in [6, 6.07) is 17.8. The second-order valence-electron chi connectivity index (χ2n) is 6.85. The predicted molar refractivity (Wildman–Crippen MR) is 102 cm³/mol. The first-order chi connectivity index (χ1) is 12.6. The van der Waals surface area contributed by atoms with E-state index < -0.39 is 10.0 Å². The Morgan fingerprint density at radius 1 is 1.08 bits per heavy atom. The molecular weight excluding hydrogens is 348 g/mol. The van der Waals surface area contributed by atoms with E-state index >= 15 is 0 Å². The minimum Gasteiger partial charge on any atom is -0.374 e. The summed E-state index contributed by atoms with van der Waals surface area (Å²) >= 11 is 0. The van der Waals surface area contributed by atoms with Gasteiger partial charge in [0, 0.05) is 19.6 Å². The first-order valence-electron chi connectivity index (χ1n) is 9.10. The number of morpholine rings is 1. The van der Waals surface area contributed by atoms with Crippen molar-refractivity contribution in [3.8, 4) is 0 Å². The molecule has 2 heterocycles. The van der Waals surface area contributed by atoms with Crippen molar-refractivity contribution >= 4 is 10.0 Å². The van der Waals surface area contributed by atoms with Crippen molar-refractivity contribution in [2.75, 3.05) is 32.0 Å². The quantitative estimate of drug-likeness (QED) is 0.891. The zero-order chi connectivity index (χ0) is 18.0. The van der Waals surface area contributed by atoms with Crippen molar-refractivity contribution in [2.24, 2.45) is 0 Å². The highest BCUT2D eigenvalue weighted by Gasteiger charge is 2.37. The van der Waals surface area contributed by atoms with Crippen LogP contribution in [0, 0.1) is 0 Å². The lowest BCUT2D eigenvalue weighted by molar-refractivity contribution is 0.0422. The van der Waals surface area contributed by atoms with Gasteiger partial charge in [-0.15, -0.1) is 0 Å². The molecule has 2 aliphatic heterocycles. The average molecular weight is 372 g/mol. The third kappa shape index (κ3) is 3.55. The minimum absolute atomic E-state index is 0.0193. The molecule has 26 heavy (non-hydrogen) atoms. The Hall–Kier alpha value is -1.73. The number of hydrogen-bond donors (Lipinski definition) is 1. The van der Waals surface area contributed by atoms with Crippen LogP contribution in [0.2, 0.25) is 0 Å². The largest absolute Gasteiger partial charge is 0.374 e. The van der Waals surface area contributed by atoms with Gasteiger partial charge in [0.1, 0.15) is 0 Å². The van der Waals surface area contributed by atoms with Gasteiger partial charge in [-0.25, -0.2) is 8.42 Å². The molecule has 1 saturated heterocycles. The van der Waals surface area contributed by atoms with Crippen molar-refractivity contribution < 1.29 is 13.2 Å². The van der Waals surface area contributed by atoms with Gasteiger partial charge in [0.25, 0.3) is 0 Å². The van der Waals surface area contributed by atoms with Gasteiger partial charge in [0.05, 0.1) is 24.5 Å². The number of fused-ring (bicyclic) bond motifs is 1. The highest BCUT2D eigenvalue weighted by atomic mass is 32.2. The Bertz CT molecular complexity index is 848. The maximum absolute atomic E-state index is 13.3. The van der Waals surface area contributed by atoms with E-state index in [1.807, 2.05) is 48.5 Å². The topological polar surface area (TPSA) is 58.6 Å². The van der Waals surface area contributed by atoms with Crippen LogP contribution < -0.4 is 5.32 Å². The molecule has 0 saturated carbocycles. The molecule has 0 spiro atoms. The van der Waals surface area contributed by atoms with Crippen molar-refractivity contribution in [1.29, 1.82) is 0 Å². The fourth-order valence-electron chi connectivity index (χ4n) is 3.88. The molecule has 2 aliphatic rings. The molecule has 1 N–H and O–H groups in total. The molecule has 5 nitrogen and oxygen atoms in total. The van der Waals surface area contributed by atoms with Crippen LogP contribution in [0.1, 0.15) is 22.7 Å². The highest BCUT2D eigenvalue weighted by molar-refractivity contribution is 7.89. The Kier molecular flexibility index (Phi) is 5.09. The first kappa shape index (κ1) is 17.7. The van der Waals surface area contributed by atoms with Gasteiger partial charge in [-0.3, -0.25) is 0 Å². The van der Waals surface area contributed by atoms with Crippen molar-refractivity contribution in [2.45, 2.75) is 18.6 Å². The van der Waals surface area contributed by atoms with Crippen LogP contribution in [-0.4, -0.2) is 50.8 Å². The minimum atomic E-state index is -3.45. The van der Waals surface area contributed by atoms with Gasteiger partial charge >= 0.3 is 0 Å². The first-order valence-corrected chi connectivity index (χ1v) is 10.7. The summed E-state index contributed by atoms with van der Waals surface area (Å²) in [5, 5.41) is 3.21. The Labute approximate surface area is 155 Å². The molecular formula is C20H24N2O3S. The van der Waals surface area contributed by atoms with Crippen LogP contribution >= 0.6 is 0 Å². The zero-order valence-electron chi connectivity index (χ0n) is 14.7. The second kappa shape index (κ2) is 7.48. The molecule has 6 heteroatoms. The van der Waals surface area contributed by atoms with Crippen LogP contribution in [0.5, 0.6) is 0 Å². The van der Waals surface area contributed by atoms with E-state index in [0.717, 1.165) is 24.1 Å². The summed E-state index contributed by atoms with van der Waals surface area (Å²) in [6.07, 6.45) is 0.449. The van der Waals surface area contributed by atoms with E-state index in [1.165, 1.54) is 5.56 Å². The van der Waals surface area contributed by atoms with Crippen LogP contribution in [0.15, 0.2) is 54.6 Å². The monoisotopic (exact) mass is 372 g/mol. The summed E-state index contributed by atoms with van der Waals surface area (Å²) < 4.78 is 33.8. The number of benzene rings is 2. The van der Waals surface area contributed by atoms with Crippen molar-refractivity contribution in [3.63, 3.8) is 0 Å². The summed E-state index contributed by atoms with van der Waals surface area (Å²) in [6.45, 7) is 2.42.